The molecule has 0 aliphatic carbocycles. The molecule has 4 heterocycles. The van der Waals surface area contributed by atoms with Gasteiger partial charge in [0, 0.05) is 7.11 Å². The van der Waals surface area contributed by atoms with Gasteiger partial charge >= 0.3 is 118 Å². The van der Waals surface area contributed by atoms with E-state index in [0.717, 1.165) is 0 Å². The molecule has 2 aromatic heterocycles. The second kappa shape index (κ2) is 16.5. The third-order valence-electron chi connectivity index (χ3n) is 4.54. The van der Waals surface area contributed by atoms with Gasteiger partial charge in [-0.15, -0.1) is 0 Å². The van der Waals surface area contributed by atoms with Crippen molar-refractivity contribution in [1.29, 1.82) is 0 Å². The van der Waals surface area contributed by atoms with Gasteiger partial charge < -0.3 is 60.6 Å². The second-order valence-electron chi connectivity index (χ2n) is 6.89. The number of rotatable bonds is 9. The first-order chi connectivity index (χ1) is 16.2. The minimum Gasteiger partial charge on any atom is -0.790 e. The molecule has 2 aliphatic rings. The number of fused-ring (bicyclic) bond motifs is 2. The fourth-order valence-corrected chi connectivity index (χ4v) is 6.55. The van der Waals surface area contributed by atoms with Crippen molar-refractivity contribution in [3.05, 3.63) is 11.6 Å². The number of halogens is 1. The first kappa shape index (κ1) is 42.0. The molecule has 4 rings (SSSR count). The average molecular weight is 666 g/mol. The molecule has 2 aliphatic heterocycles. The molecule has 2 saturated heterocycles. The largest absolute Gasteiger partial charge is 1.00 e. The van der Waals surface area contributed by atoms with E-state index in [-0.39, 0.29) is 140 Å². The van der Waals surface area contributed by atoms with Crippen LogP contribution in [0.25, 0.3) is 11.2 Å². The molecule has 193 valence electrons. The van der Waals surface area contributed by atoms with E-state index in [2.05, 4.69) is 23.6 Å². The Morgan fingerprint density at radius 2 is 1.69 bits per heavy atom. The number of imidazole rings is 1. The second-order valence-corrected chi connectivity index (χ2v) is 11.7. The summed E-state index contributed by atoms with van der Waals surface area (Å²) < 4.78 is 69.6. The van der Waals surface area contributed by atoms with Gasteiger partial charge in [-0.05, 0) is 11.6 Å². The summed E-state index contributed by atoms with van der Waals surface area (Å²) in [6.07, 6.45) is -2.67. The first-order valence-corrected chi connectivity index (χ1v) is 14.0. The Hall–Kier alpha value is 2.99. The molecule has 27 heteroatoms. The molecule has 2 N–H and O–H groups in total. The number of nitrogens with two attached hydrogens (primary N) is 1. The molecule has 0 bridgehead atoms. The van der Waals surface area contributed by atoms with Crippen LogP contribution in [0, 0.1) is 0 Å². The van der Waals surface area contributed by atoms with E-state index in [9.17, 15) is 28.4 Å². The minimum atomic E-state index is -6.05. The summed E-state index contributed by atoms with van der Waals surface area (Å²) in [6, 6.07) is 0. The maximum Gasteiger partial charge on any atom is 1.00 e. The van der Waals surface area contributed by atoms with E-state index in [4.69, 9.17) is 48.4 Å². The van der Waals surface area contributed by atoms with Gasteiger partial charge in [0.15, 0.2) is 17.7 Å². The van der Waals surface area contributed by atoms with Crippen molar-refractivity contribution in [3.63, 3.8) is 0 Å². The molecule has 2 fully saturated rings. The fraction of sp³-hybridized carbons (Fsp3) is 0.583. The zero-order valence-corrected chi connectivity index (χ0v) is 32.6. The van der Waals surface area contributed by atoms with Crippen molar-refractivity contribution in [3.8, 4) is 0 Å². The Bertz CT molecular complexity index is 1280. The van der Waals surface area contributed by atoms with Crippen molar-refractivity contribution in [2.24, 2.45) is 0 Å². The van der Waals surface area contributed by atoms with Gasteiger partial charge in [0.25, 0.3) is 14.3 Å². The van der Waals surface area contributed by atoms with E-state index < -0.39 is 60.7 Å². The predicted octanol–water partition coefficient (Wildman–Crippen LogP) is -13.7. The van der Waals surface area contributed by atoms with Gasteiger partial charge in [-0.2, -0.15) is 9.97 Å². The Kier molecular flexibility index (Phi) is 17.8. The molecule has 0 amide bonds. The van der Waals surface area contributed by atoms with Gasteiger partial charge in [0.2, 0.25) is 5.28 Å². The minimum absolute atomic E-state index is 0. The van der Waals surface area contributed by atoms with Gasteiger partial charge in [-0.25, -0.2) is 4.98 Å². The Morgan fingerprint density at radius 1 is 1.08 bits per heavy atom. The van der Waals surface area contributed by atoms with E-state index in [1.807, 2.05) is 0 Å². The summed E-state index contributed by atoms with van der Waals surface area (Å²) in [5.74, 6) is -0.00211. The zero-order valence-electron chi connectivity index (χ0n) is 21.1. The Balaban J connectivity index is 0.00000361. The smallest absolute Gasteiger partial charge is 0.790 e. The summed E-state index contributed by atoms with van der Waals surface area (Å²) in [6.45, 7) is -1.86. The van der Waals surface area contributed by atoms with Crippen LogP contribution in [-0.2, 0) is 45.8 Å². The number of nitrogen functional groups attached to an aromatic ring is 1. The number of phosphoric acid groups is 2. The number of aromatic nitrogens is 4. The van der Waals surface area contributed by atoms with Gasteiger partial charge in [-0.3, -0.25) is 17.8 Å². The number of ether oxygens (including phenoxy) is 4. The summed E-state index contributed by atoms with van der Waals surface area (Å²) >= 11 is 5.88. The molecular weight excluding hydrogens is 653 g/mol. The molecule has 3 unspecified atom stereocenters. The summed E-state index contributed by atoms with van der Waals surface area (Å²) in [5, 5.41) is -0.171. The van der Waals surface area contributed by atoms with Crippen molar-refractivity contribution in [1.82, 2.24) is 19.5 Å². The van der Waals surface area contributed by atoms with Crippen LogP contribution in [0.1, 0.15) is 6.23 Å². The standard InChI is InChI=1S/C12H16BClN5O13P3.4Na/c1-26-12-29-6-4(2-27-33(13,20)31-35(24,25)32-34(21,22)23)28-10(7(6)30-12)19-3-16-5-8(15)17-11(14)18-9(5)19;;;;/h3-4,6-7,10,12H,2H2,1H3,(H,24,25)(H2,15,17,18)(H2,21,22,23);;;;/q-1;4*+1/p-3/t4-,6-,7-,10-,12?,33?;;;;/m1..../s1. The molecule has 0 spiro atoms. The number of hydrogen-bond donors (Lipinski definition) is 1. The number of anilines is 1. The van der Waals surface area contributed by atoms with Gasteiger partial charge in [0.05, 0.1) is 28.2 Å². The normalized spacial score (nSPS) is 27.2. The molecule has 3 radical (unpaired) electrons. The van der Waals surface area contributed by atoms with E-state index in [0.29, 0.717) is 0 Å². The van der Waals surface area contributed by atoms with Crippen molar-refractivity contribution in [2.45, 2.75) is 31.0 Å². The van der Waals surface area contributed by atoms with Gasteiger partial charge in [-0.1, -0.05) is 0 Å². The van der Waals surface area contributed by atoms with E-state index in [1.165, 1.54) is 18.0 Å². The molecule has 0 saturated carbocycles. The van der Waals surface area contributed by atoms with Crippen molar-refractivity contribution in [2.75, 3.05) is 19.5 Å². The monoisotopic (exact) mass is 666 g/mol. The quantitative estimate of drug-likeness (QED) is 0.148. The van der Waals surface area contributed by atoms with Crippen LogP contribution in [0.5, 0.6) is 0 Å². The fourth-order valence-electron chi connectivity index (χ4n) is 3.35. The molecular formula is C12H13BClN5Na4O13P3. The Morgan fingerprint density at radius 3 is 2.28 bits per heavy atom. The average Bonchev–Trinajstić information content (AvgIpc) is 3.36. The zero-order chi connectivity index (χ0) is 25.8. The van der Waals surface area contributed by atoms with Crippen LogP contribution in [-0.4, -0.2) is 65.6 Å². The summed E-state index contributed by atoms with van der Waals surface area (Å²) in [4.78, 5) is 44.4. The molecule has 0 aromatic carbocycles. The van der Waals surface area contributed by atoms with Crippen LogP contribution in [0.2, 0.25) is 5.28 Å². The molecule has 18 nitrogen and oxygen atoms in total. The molecule has 39 heavy (non-hydrogen) atoms. The Labute approximate surface area is 315 Å². The van der Waals surface area contributed by atoms with Crippen LogP contribution in [0.3, 0.4) is 0 Å². The summed E-state index contributed by atoms with van der Waals surface area (Å²) in [7, 11) is -10.5. The van der Waals surface area contributed by atoms with Crippen LogP contribution >= 0.6 is 34.7 Å². The van der Waals surface area contributed by atoms with Crippen LogP contribution < -0.4 is 139 Å². The topological polar surface area (TPSA) is 255 Å². The molecule has 7 atom stereocenters. The number of methoxy groups -OCH3 is 1. The predicted molar refractivity (Wildman–Crippen MR) is 106 cm³/mol. The maximum atomic E-state index is 12.2. The van der Waals surface area contributed by atoms with Gasteiger partial charge in [0.1, 0.15) is 23.8 Å². The summed E-state index contributed by atoms with van der Waals surface area (Å²) in [5.41, 5.74) is 6.19. The van der Waals surface area contributed by atoms with E-state index in [1.54, 1.807) is 0 Å². The van der Waals surface area contributed by atoms with Crippen molar-refractivity contribution >= 4 is 59.3 Å². The van der Waals surface area contributed by atoms with Crippen molar-refractivity contribution < 1.29 is 179 Å². The number of nitrogens with zero attached hydrogens (tertiary/aromatic N) is 4. The van der Waals surface area contributed by atoms with Crippen LogP contribution in [0.4, 0.5) is 5.82 Å². The maximum absolute atomic E-state index is 12.2. The van der Waals surface area contributed by atoms with E-state index >= 15 is 0 Å². The van der Waals surface area contributed by atoms with Crippen LogP contribution in [0.15, 0.2) is 6.33 Å². The third kappa shape index (κ3) is 10.8. The SMILES string of the molecule is [B-]P(=O)(OC[C@H]1O[C@@H](n2cnc3c(N)nc(Cl)nc32)[C@@H]2OC(OC)O[C@@H]21)OP(=O)([O-])OP(=O)([O-])[O-].[Na+].[Na+].[Na+].[Na+]. The first-order valence-electron chi connectivity index (χ1n) is 9.12. The number of hydrogen-bond acceptors (Lipinski definition) is 17. The molecule has 2 aromatic rings. The third-order valence-corrected chi connectivity index (χ3v) is 8.53.